The Morgan fingerprint density at radius 2 is 2.17 bits per heavy atom. The molecule has 1 rings (SSSR count). The molecule has 18 heavy (non-hydrogen) atoms. The van der Waals surface area contributed by atoms with Crippen molar-refractivity contribution in [2.24, 2.45) is 11.7 Å². The Bertz CT molecular complexity index is 385. The van der Waals surface area contributed by atoms with Crippen molar-refractivity contribution in [3.63, 3.8) is 0 Å². The highest BCUT2D eigenvalue weighted by molar-refractivity contribution is 5.85. The van der Waals surface area contributed by atoms with Gasteiger partial charge in [-0.05, 0) is 0 Å². The van der Waals surface area contributed by atoms with Gasteiger partial charge in [0.05, 0.1) is 12.7 Å². The van der Waals surface area contributed by atoms with Crippen molar-refractivity contribution < 1.29 is 9.21 Å². The van der Waals surface area contributed by atoms with Gasteiger partial charge in [-0.3, -0.25) is 4.79 Å². The van der Waals surface area contributed by atoms with Gasteiger partial charge in [-0.25, -0.2) is 4.98 Å². The summed E-state index contributed by atoms with van der Waals surface area (Å²) in [6.45, 7) is 8.57. The minimum Gasteiger partial charge on any atom is -0.443 e. The van der Waals surface area contributed by atoms with Crippen LogP contribution in [0.15, 0.2) is 10.6 Å². The second-order valence-electron chi connectivity index (χ2n) is 5.22. The van der Waals surface area contributed by atoms with Crippen LogP contribution in [0.3, 0.4) is 0 Å². The lowest BCUT2D eigenvalue weighted by Crippen LogP contribution is -2.32. The molecule has 1 amide bonds. The van der Waals surface area contributed by atoms with E-state index < -0.39 is 0 Å². The Morgan fingerprint density at radius 1 is 1.56 bits per heavy atom. The van der Waals surface area contributed by atoms with Gasteiger partial charge in [-0.15, -0.1) is 12.4 Å². The number of carbonyl (C=O) groups is 1. The summed E-state index contributed by atoms with van der Waals surface area (Å²) in [6.07, 6.45) is 1.70. The molecule has 0 aliphatic heterocycles. The van der Waals surface area contributed by atoms with Gasteiger partial charge in [-0.1, -0.05) is 27.7 Å². The zero-order valence-corrected chi connectivity index (χ0v) is 12.1. The highest BCUT2D eigenvalue weighted by Gasteiger charge is 2.19. The maximum atomic E-state index is 11.5. The van der Waals surface area contributed by atoms with E-state index in [1.54, 1.807) is 13.1 Å². The maximum Gasteiger partial charge on any atom is 0.224 e. The topological polar surface area (TPSA) is 81.2 Å². The van der Waals surface area contributed by atoms with Crippen LogP contribution >= 0.6 is 12.4 Å². The summed E-state index contributed by atoms with van der Waals surface area (Å²) in [5.74, 6) is 1.07. The van der Waals surface area contributed by atoms with Gasteiger partial charge in [0.1, 0.15) is 5.76 Å². The van der Waals surface area contributed by atoms with Gasteiger partial charge in [0.25, 0.3) is 0 Å². The van der Waals surface area contributed by atoms with E-state index in [2.05, 4.69) is 10.3 Å². The number of hydrogen-bond acceptors (Lipinski definition) is 4. The number of hydrogen-bond donors (Lipinski definition) is 2. The van der Waals surface area contributed by atoms with Crippen LogP contribution in [-0.4, -0.2) is 17.4 Å². The van der Waals surface area contributed by atoms with E-state index in [-0.39, 0.29) is 29.6 Å². The van der Waals surface area contributed by atoms with Crippen LogP contribution in [0.25, 0.3) is 0 Å². The number of aromatic nitrogens is 1. The number of oxazole rings is 1. The Hall–Kier alpha value is -1.07. The SMILES string of the molecule is CC(CN)C(=O)NCc1ncc(C(C)(C)C)o1.Cl. The lowest BCUT2D eigenvalue weighted by atomic mass is 9.94. The van der Waals surface area contributed by atoms with E-state index in [9.17, 15) is 4.79 Å². The summed E-state index contributed by atoms with van der Waals surface area (Å²) in [4.78, 5) is 15.6. The molecule has 1 aromatic rings. The van der Waals surface area contributed by atoms with Crippen LogP contribution in [0, 0.1) is 5.92 Å². The normalized spacial score (nSPS) is 12.7. The van der Waals surface area contributed by atoms with Gasteiger partial charge < -0.3 is 15.5 Å². The number of halogens is 1. The Morgan fingerprint density at radius 3 is 2.61 bits per heavy atom. The molecule has 1 unspecified atom stereocenters. The first-order chi connectivity index (χ1) is 7.84. The van der Waals surface area contributed by atoms with E-state index >= 15 is 0 Å². The maximum absolute atomic E-state index is 11.5. The average molecular weight is 276 g/mol. The lowest BCUT2D eigenvalue weighted by Gasteiger charge is -2.13. The molecule has 1 atom stereocenters. The van der Waals surface area contributed by atoms with Gasteiger partial charge in [0.2, 0.25) is 11.8 Å². The quantitative estimate of drug-likeness (QED) is 0.875. The first-order valence-electron chi connectivity index (χ1n) is 5.77. The molecule has 5 nitrogen and oxygen atoms in total. The van der Waals surface area contributed by atoms with Gasteiger partial charge in [-0.2, -0.15) is 0 Å². The van der Waals surface area contributed by atoms with E-state index in [1.165, 1.54) is 0 Å². The average Bonchev–Trinajstić information content (AvgIpc) is 2.72. The third kappa shape index (κ3) is 4.66. The minimum atomic E-state index is -0.188. The summed E-state index contributed by atoms with van der Waals surface area (Å²) in [5.41, 5.74) is 5.33. The smallest absolute Gasteiger partial charge is 0.224 e. The van der Waals surface area contributed by atoms with Crippen molar-refractivity contribution in [1.82, 2.24) is 10.3 Å². The molecule has 0 radical (unpaired) electrons. The van der Waals surface area contributed by atoms with Crippen molar-refractivity contribution in [2.75, 3.05) is 6.54 Å². The molecule has 0 aliphatic carbocycles. The predicted molar refractivity (Wildman–Crippen MR) is 72.5 cm³/mol. The number of nitrogens with two attached hydrogens (primary N) is 1. The monoisotopic (exact) mass is 275 g/mol. The lowest BCUT2D eigenvalue weighted by molar-refractivity contribution is -0.124. The molecule has 0 bridgehead atoms. The Labute approximate surface area is 114 Å². The van der Waals surface area contributed by atoms with E-state index in [4.69, 9.17) is 10.2 Å². The molecular weight excluding hydrogens is 254 g/mol. The van der Waals surface area contributed by atoms with Crippen molar-refractivity contribution in [2.45, 2.75) is 39.7 Å². The number of nitrogens with zero attached hydrogens (tertiary/aromatic N) is 1. The molecule has 104 valence electrons. The molecule has 0 saturated heterocycles. The number of carbonyl (C=O) groups excluding carboxylic acids is 1. The molecule has 0 aromatic carbocycles. The number of rotatable bonds is 4. The Balaban J connectivity index is 0.00000289. The fourth-order valence-corrected chi connectivity index (χ4v) is 1.18. The highest BCUT2D eigenvalue weighted by atomic mass is 35.5. The van der Waals surface area contributed by atoms with E-state index in [1.807, 2.05) is 20.8 Å². The molecule has 1 heterocycles. The largest absolute Gasteiger partial charge is 0.443 e. The third-order valence-electron chi connectivity index (χ3n) is 2.51. The van der Waals surface area contributed by atoms with Crippen LogP contribution in [0.1, 0.15) is 39.3 Å². The highest BCUT2D eigenvalue weighted by Crippen LogP contribution is 2.22. The van der Waals surface area contributed by atoms with Gasteiger partial charge in [0, 0.05) is 17.9 Å². The number of nitrogens with one attached hydrogen (secondary N) is 1. The fraction of sp³-hybridized carbons (Fsp3) is 0.667. The van der Waals surface area contributed by atoms with Crippen LogP contribution in [0.2, 0.25) is 0 Å². The Kier molecular flexibility index (Phi) is 6.35. The molecule has 0 aliphatic rings. The fourth-order valence-electron chi connectivity index (χ4n) is 1.18. The molecule has 0 spiro atoms. The zero-order chi connectivity index (χ0) is 13.1. The molecular formula is C12H22ClN3O2. The molecule has 0 saturated carbocycles. The first-order valence-corrected chi connectivity index (χ1v) is 5.77. The predicted octanol–water partition coefficient (Wildman–Crippen LogP) is 1.60. The number of amides is 1. The summed E-state index contributed by atoms with van der Waals surface area (Å²) >= 11 is 0. The van der Waals surface area contributed by atoms with Gasteiger partial charge in [0.15, 0.2) is 0 Å². The van der Waals surface area contributed by atoms with E-state index in [0.717, 1.165) is 5.76 Å². The van der Waals surface area contributed by atoms with Crippen LogP contribution < -0.4 is 11.1 Å². The second-order valence-corrected chi connectivity index (χ2v) is 5.22. The summed E-state index contributed by atoms with van der Waals surface area (Å²) in [6, 6.07) is 0. The molecule has 0 fully saturated rings. The molecule has 3 N–H and O–H groups in total. The van der Waals surface area contributed by atoms with Crippen LogP contribution in [-0.2, 0) is 16.8 Å². The van der Waals surface area contributed by atoms with Crippen LogP contribution in [0.4, 0.5) is 0 Å². The summed E-state index contributed by atoms with van der Waals surface area (Å²) in [5, 5.41) is 2.74. The second kappa shape index (κ2) is 6.75. The summed E-state index contributed by atoms with van der Waals surface area (Å²) in [7, 11) is 0. The summed E-state index contributed by atoms with van der Waals surface area (Å²) < 4.78 is 5.55. The zero-order valence-electron chi connectivity index (χ0n) is 11.3. The molecule has 1 aromatic heterocycles. The molecule has 6 heteroatoms. The third-order valence-corrected chi connectivity index (χ3v) is 2.51. The van der Waals surface area contributed by atoms with Crippen molar-refractivity contribution >= 4 is 18.3 Å². The minimum absolute atomic E-state index is 0. The van der Waals surface area contributed by atoms with Crippen molar-refractivity contribution in [1.29, 1.82) is 0 Å². The van der Waals surface area contributed by atoms with Crippen molar-refractivity contribution in [3.05, 3.63) is 17.8 Å². The standard InChI is InChI=1S/C12H21N3O2.ClH/c1-8(5-13)11(16)15-7-10-14-6-9(17-10)12(2,3)4;/h6,8H,5,7,13H2,1-4H3,(H,15,16);1H. The van der Waals surface area contributed by atoms with Crippen LogP contribution in [0.5, 0.6) is 0 Å². The van der Waals surface area contributed by atoms with Gasteiger partial charge >= 0.3 is 0 Å². The van der Waals surface area contributed by atoms with Crippen molar-refractivity contribution in [3.8, 4) is 0 Å². The first kappa shape index (κ1) is 16.9. The van der Waals surface area contributed by atoms with E-state index in [0.29, 0.717) is 19.0 Å².